The summed E-state index contributed by atoms with van der Waals surface area (Å²) in [5, 5.41) is 8.91. The fourth-order valence-electron chi connectivity index (χ4n) is 2.88. The van der Waals surface area contributed by atoms with E-state index in [1.165, 1.54) is 6.92 Å². The predicted molar refractivity (Wildman–Crippen MR) is 100 cm³/mol. The van der Waals surface area contributed by atoms with Crippen LogP contribution >= 0.6 is 0 Å². The summed E-state index contributed by atoms with van der Waals surface area (Å²) in [5.41, 5.74) is -1.43. The maximum atomic E-state index is 13.6. The van der Waals surface area contributed by atoms with E-state index < -0.39 is 60.4 Å². The van der Waals surface area contributed by atoms with Gasteiger partial charge in [0.2, 0.25) is 12.9 Å². The Morgan fingerprint density at radius 3 is 2.40 bits per heavy atom. The minimum atomic E-state index is -5.11. The van der Waals surface area contributed by atoms with Crippen molar-refractivity contribution in [1.29, 1.82) is 0 Å². The number of nitrogens with zero attached hydrogens (tertiary/aromatic N) is 1. The van der Waals surface area contributed by atoms with Crippen molar-refractivity contribution in [3.8, 4) is 11.5 Å². The molecule has 35 heavy (non-hydrogen) atoms. The SMILES string of the molecule is CCc1cc(OC(F)(F)F)cc2c1OC(C(F)(F)F)C(C(=O)OCOC(=O)CCCO[N+](=O)[O-])=C2. The van der Waals surface area contributed by atoms with Crippen LogP contribution in [-0.2, 0) is 30.3 Å². The van der Waals surface area contributed by atoms with Gasteiger partial charge in [-0.25, -0.2) is 4.79 Å². The van der Waals surface area contributed by atoms with Crippen LogP contribution in [0.2, 0.25) is 0 Å². The van der Waals surface area contributed by atoms with Gasteiger partial charge >= 0.3 is 24.5 Å². The molecular formula is C19H17F6NO9. The Hall–Kier alpha value is -3.72. The molecule has 0 radical (unpaired) electrons. The number of alkyl halides is 6. The number of halogens is 6. The Labute approximate surface area is 192 Å². The number of aryl methyl sites for hydroxylation is 1. The summed E-state index contributed by atoms with van der Waals surface area (Å²) in [6.45, 7) is -0.0527. The van der Waals surface area contributed by atoms with Crippen LogP contribution in [0.3, 0.4) is 0 Å². The smallest absolute Gasteiger partial charge is 0.475 e. The zero-order chi connectivity index (χ0) is 26.4. The van der Waals surface area contributed by atoms with Crippen LogP contribution in [0.5, 0.6) is 11.5 Å². The average molecular weight is 517 g/mol. The molecule has 16 heteroatoms. The average Bonchev–Trinajstić information content (AvgIpc) is 2.73. The molecule has 1 aliphatic rings. The van der Waals surface area contributed by atoms with Crippen LogP contribution in [0.15, 0.2) is 17.7 Å². The molecule has 10 nitrogen and oxygen atoms in total. The summed E-state index contributed by atoms with van der Waals surface area (Å²) < 4.78 is 96.3. The minimum Gasteiger partial charge on any atom is -0.475 e. The molecule has 0 spiro atoms. The highest BCUT2D eigenvalue weighted by Gasteiger charge is 2.49. The maximum absolute atomic E-state index is 13.6. The van der Waals surface area contributed by atoms with Crippen molar-refractivity contribution >= 4 is 18.0 Å². The van der Waals surface area contributed by atoms with Crippen molar-refractivity contribution in [1.82, 2.24) is 0 Å². The normalized spacial score (nSPS) is 15.3. The molecule has 0 fully saturated rings. The van der Waals surface area contributed by atoms with Crippen LogP contribution in [0, 0.1) is 10.1 Å². The van der Waals surface area contributed by atoms with Gasteiger partial charge in [0.25, 0.3) is 5.09 Å². The predicted octanol–water partition coefficient (Wildman–Crippen LogP) is 3.89. The van der Waals surface area contributed by atoms with E-state index >= 15 is 0 Å². The van der Waals surface area contributed by atoms with E-state index in [9.17, 15) is 46.0 Å². The van der Waals surface area contributed by atoms with Gasteiger partial charge in [-0.1, -0.05) is 6.92 Å². The number of hydrogen-bond donors (Lipinski definition) is 0. The Bertz CT molecular complexity index is 990. The second-order valence-corrected chi connectivity index (χ2v) is 6.77. The van der Waals surface area contributed by atoms with Crippen molar-refractivity contribution in [2.24, 2.45) is 0 Å². The summed E-state index contributed by atoms with van der Waals surface area (Å²) in [6.07, 6.45) is -12.9. The largest absolute Gasteiger partial charge is 0.573 e. The van der Waals surface area contributed by atoms with Gasteiger partial charge in [-0.15, -0.1) is 23.3 Å². The van der Waals surface area contributed by atoms with Crippen LogP contribution in [0.1, 0.15) is 30.9 Å². The number of fused-ring (bicyclic) bond motifs is 1. The fourth-order valence-corrected chi connectivity index (χ4v) is 2.88. The zero-order valence-electron chi connectivity index (χ0n) is 17.7. The van der Waals surface area contributed by atoms with Crippen molar-refractivity contribution in [2.75, 3.05) is 13.4 Å². The van der Waals surface area contributed by atoms with Gasteiger partial charge in [0.1, 0.15) is 11.5 Å². The number of benzene rings is 1. The van der Waals surface area contributed by atoms with Crippen molar-refractivity contribution in [3.05, 3.63) is 38.9 Å². The number of carbonyl (C=O) groups excluding carboxylic acids is 2. The highest BCUT2D eigenvalue weighted by Crippen LogP contribution is 2.42. The highest BCUT2D eigenvalue weighted by atomic mass is 19.4. The maximum Gasteiger partial charge on any atom is 0.573 e. The van der Waals surface area contributed by atoms with Gasteiger partial charge in [0.05, 0.1) is 12.2 Å². The summed E-state index contributed by atoms with van der Waals surface area (Å²) >= 11 is 0. The molecule has 194 valence electrons. The first-order valence-corrected chi connectivity index (χ1v) is 9.69. The molecule has 1 atom stereocenters. The molecular weight excluding hydrogens is 500 g/mol. The number of hydrogen-bond acceptors (Lipinski definition) is 9. The third-order valence-electron chi connectivity index (χ3n) is 4.28. The summed E-state index contributed by atoms with van der Waals surface area (Å²) in [4.78, 5) is 37.7. The van der Waals surface area contributed by atoms with Gasteiger partial charge in [0.15, 0.2) is 0 Å². The van der Waals surface area contributed by atoms with E-state index in [1.807, 2.05) is 0 Å². The molecule has 0 aliphatic carbocycles. The van der Waals surface area contributed by atoms with Gasteiger partial charge in [-0.3, -0.25) is 4.79 Å². The quantitative estimate of drug-likeness (QED) is 0.114. The molecule has 0 saturated heterocycles. The summed E-state index contributed by atoms with van der Waals surface area (Å²) in [7, 11) is 0. The van der Waals surface area contributed by atoms with Gasteiger partial charge in [-0.05, 0) is 36.6 Å². The molecule has 1 aromatic carbocycles. The lowest BCUT2D eigenvalue weighted by Gasteiger charge is -2.29. The Morgan fingerprint density at radius 2 is 1.83 bits per heavy atom. The molecule has 1 heterocycles. The monoisotopic (exact) mass is 517 g/mol. The molecule has 0 N–H and O–H groups in total. The third-order valence-corrected chi connectivity index (χ3v) is 4.28. The first kappa shape index (κ1) is 27.5. The number of ether oxygens (including phenoxy) is 4. The van der Waals surface area contributed by atoms with E-state index in [4.69, 9.17) is 4.74 Å². The molecule has 0 bridgehead atoms. The first-order chi connectivity index (χ1) is 16.2. The lowest BCUT2D eigenvalue weighted by molar-refractivity contribution is -0.757. The van der Waals surface area contributed by atoms with E-state index in [1.54, 1.807) is 0 Å². The Balaban J connectivity index is 2.18. The molecule has 1 unspecified atom stereocenters. The lowest BCUT2D eigenvalue weighted by atomic mass is 9.97. The van der Waals surface area contributed by atoms with Crippen LogP contribution in [-0.4, -0.2) is 49.1 Å². The summed E-state index contributed by atoms with van der Waals surface area (Å²) in [6, 6.07) is 1.61. The van der Waals surface area contributed by atoms with Gasteiger partial charge in [0, 0.05) is 12.0 Å². The van der Waals surface area contributed by atoms with Crippen LogP contribution in [0.4, 0.5) is 26.3 Å². The number of carbonyl (C=O) groups is 2. The molecule has 0 saturated carbocycles. The molecule has 2 rings (SSSR count). The third kappa shape index (κ3) is 8.22. The standard InChI is InChI=1S/C19H17F6NO9/c1-2-10-6-12(35-19(23,24)25)7-11-8-13(16(18(20,21)22)34-15(10)11)17(28)32-9-31-14(27)4-3-5-33-26(29)30/h6-8,16H,2-5,9H2,1H3. The Morgan fingerprint density at radius 1 is 1.14 bits per heavy atom. The van der Waals surface area contributed by atoms with Gasteiger partial charge < -0.3 is 23.8 Å². The first-order valence-electron chi connectivity index (χ1n) is 9.69. The van der Waals surface area contributed by atoms with Crippen molar-refractivity contribution in [3.63, 3.8) is 0 Å². The molecule has 0 amide bonds. The van der Waals surface area contributed by atoms with E-state index in [0.29, 0.717) is 6.08 Å². The van der Waals surface area contributed by atoms with E-state index in [-0.39, 0.29) is 36.1 Å². The zero-order valence-corrected chi connectivity index (χ0v) is 17.7. The molecule has 1 aliphatic heterocycles. The minimum absolute atomic E-state index is 0.0156. The lowest BCUT2D eigenvalue weighted by Crippen LogP contribution is -2.41. The van der Waals surface area contributed by atoms with E-state index in [2.05, 4.69) is 19.0 Å². The molecule has 0 aromatic heterocycles. The topological polar surface area (TPSA) is 123 Å². The second kappa shape index (κ2) is 11.1. The Kier molecular flexibility index (Phi) is 8.76. The van der Waals surface area contributed by atoms with Crippen LogP contribution < -0.4 is 9.47 Å². The highest BCUT2D eigenvalue weighted by molar-refractivity contribution is 5.96. The van der Waals surface area contributed by atoms with Crippen molar-refractivity contribution < 1.29 is 64.8 Å². The number of esters is 2. The van der Waals surface area contributed by atoms with Crippen molar-refractivity contribution in [2.45, 2.75) is 44.8 Å². The molecule has 1 aromatic rings. The van der Waals surface area contributed by atoms with Crippen LogP contribution in [0.25, 0.3) is 6.08 Å². The van der Waals surface area contributed by atoms with Gasteiger partial charge in [-0.2, -0.15) is 13.2 Å². The fraction of sp³-hybridized carbons (Fsp3) is 0.474. The van der Waals surface area contributed by atoms with E-state index in [0.717, 1.165) is 12.1 Å². The second-order valence-electron chi connectivity index (χ2n) is 6.77. The number of rotatable bonds is 10. The summed E-state index contributed by atoms with van der Waals surface area (Å²) in [5.74, 6) is -3.72.